The van der Waals surface area contributed by atoms with E-state index in [0.29, 0.717) is 24.0 Å². The van der Waals surface area contributed by atoms with Gasteiger partial charge in [-0.05, 0) is 13.3 Å². The highest BCUT2D eigenvalue weighted by Gasteiger charge is 2.14. The van der Waals surface area contributed by atoms with Gasteiger partial charge >= 0.3 is 0 Å². The van der Waals surface area contributed by atoms with Crippen molar-refractivity contribution in [3.8, 4) is 5.88 Å². The summed E-state index contributed by atoms with van der Waals surface area (Å²) < 4.78 is 5.55. The van der Waals surface area contributed by atoms with Gasteiger partial charge in [0, 0.05) is 12.5 Å². The smallest absolute Gasteiger partial charge is 0.242 e. The van der Waals surface area contributed by atoms with E-state index in [-0.39, 0.29) is 5.92 Å². The zero-order chi connectivity index (χ0) is 12.8. The SMILES string of the molecule is CCCOc1nc(C(C)C)nc(NCC)c1N. The second-order valence-corrected chi connectivity index (χ2v) is 4.18. The maximum Gasteiger partial charge on any atom is 0.242 e. The first-order valence-electron chi connectivity index (χ1n) is 6.14. The van der Waals surface area contributed by atoms with Gasteiger partial charge in [-0.3, -0.25) is 0 Å². The monoisotopic (exact) mass is 238 g/mol. The van der Waals surface area contributed by atoms with Gasteiger partial charge in [-0.15, -0.1) is 0 Å². The molecule has 0 amide bonds. The summed E-state index contributed by atoms with van der Waals surface area (Å²) >= 11 is 0. The van der Waals surface area contributed by atoms with Gasteiger partial charge in [-0.1, -0.05) is 20.8 Å². The third kappa shape index (κ3) is 3.47. The summed E-state index contributed by atoms with van der Waals surface area (Å²) in [6.07, 6.45) is 0.928. The molecule has 17 heavy (non-hydrogen) atoms. The molecule has 1 aromatic rings. The van der Waals surface area contributed by atoms with Crippen molar-refractivity contribution in [1.82, 2.24) is 9.97 Å². The zero-order valence-corrected chi connectivity index (χ0v) is 11.1. The first kappa shape index (κ1) is 13.5. The van der Waals surface area contributed by atoms with Crippen LogP contribution in [0.3, 0.4) is 0 Å². The van der Waals surface area contributed by atoms with Gasteiger partial charge in [0.25, 0.3) is 0 Å². The Kier molecular flexibility index (Phi) is 5.00. The molecule has 0 aliphatic carbocycles. The predicted molar refractivity (Wildman–Crippen MR) is 70.5 cm³/mol. The highest BCUT2D eigenvalue weighted by atomic mass is 16.5. The largest absolute Gasteiger partial charge is 0.476 e. The molecule has 0 fully saturated rings. The fourth-order valence-electron chi connectivity index (χ4n) is 1.33. The van der Waals surface area contributed by atoms with Crippen LogP contribution in [0.2, 0.25) is 0 Å². The summed E-state index contributed by atoms with van der Waals surface area (Å²) in [7, 11) is 0. The maximum absolute atomic E-state index is 5.97. The number of hydrogen-bond acceptors (Lipinski definition) is 5. The minimum absolute atomic E-state index is 0.247. The zero-order valence-electron chi connectivity index (χ0n) is 11.1. The van der Waals surface area contributed by atoms with Gasteiger partial charge in [0.2, 0.25) is 5.88 Å². The van der Waals surface area contributed by atoms with Crippen molar-refractivity contribution in [2.75, 3.05) is 24.2 Å². The minimum atomic E-state index is 0.247. The highest BCUT2D eigenvalue weighted by Crippen LogP contribution is 2.28. The van der Waals surface area contributed by atoms with Gasteiger partial charge < -0.3 is 15.8 Å². The van der Waals surface area contributed by atoms with E-state index in [0.717, 1.165) is 18.8 Å². The van der Waals surface area contributed by atoms with Crippen molar-refractivity contribution >= 4 is 11.5 Å². The number of anilines is 2. The molecule has 0 bridgehead atoms. The lowest BCUT2D eigenvalue weighted by Gasteiger charge is -2.14. The standard InChI is InChI=1S/C12H22N4O/c1-5-7-17-12-9(13)11(14-6-2)15-10(16-12)8(3)4/h8H,5-7,13H2,1-4H3,(H,14,15,16). The molecule has 0 spiro atoms. The quantitative estimate of drug-likeness (QED) is 0.796. The lowest BCUT2D eigenvalue weighted by atomic mass is 10.2. The van der Waals surface area contributed by atoms with Gasteiger partial charge in [0.1, 0.15) is 11.5 Å². The van der Waals surface area contributed by atoms with E-state index in [4.69, 9.17) is 10.5 Å². The molecule has 1 heterocycles. The number of nitrogens with zero attached hydrogens (tertiary/aromatic N) is 2. The molecule has 5 nitrogen and oxygen atoms in total. The van der Waals surface area contributed by atoms with E-state index in [1.54, 1.807) is 0 Å². The highest BCUT2D eigenvalue weighted by molar-refractivity contribution is 5.66. The molecule has 0 saturated carbocycles. The first-order valence-corrected chi connectivity index (χ1v) is 6.14. The van der Waals surface area contributed by atoms with Crippen LogP contribution in [0.5, 0.6) is 5.88 Å². The van der Waals surface area contributed by atoms with E-state index in [2.05, 4.69) is 15.3 Å². The van der Waals surface area contributed by atoms with Crippen LogP contribution in [0.4, 0.5) is 11.5 Å². The Morgan fingerprint density at radius 3 is 2.53 bits per heavy atom. The first-order chi connectivity index (χ1) is 8.10. The average Bonchev–Trinajstić information content (AvgIpc) is 2.30. The number of hydrogen-bond donors (Lipinski definition) is 2. The van der Waals surface area contributed by atoms with Gasteiger partial charge in [-0.25, -0.2) is 4.98 Å². The van der Waals surface area contributed by atoms with E-state index in [9.17, 15) is 0 Å². The number of aromatic nitrogens is 2. The van der Waals surface area contributed by atoms with Crippen LogP contribution < -0.4 is 15.8 Å². The number of nitrogen functional groups attached to an aromatic ring is 1. The molecule has 1 rings (SSSR count). The fraction of sp³-hybridized carbons (Fsp3) is 0.667. The molecule has 0 aliphatic rings. The molecule has 96 valence electrons. The van der Waals surface area contributed by atoms with Crippen molar-refractivity contribution in [2.45, 2.75) is 40.0 Å². The van der Waals surface area contributed by atoms with Gasteiger partial charge in [0.05, 0.1) is 6.61 Å². The summed E-state index contributed by atoms with van der Waals surface area (Å²) in [5, 5.41) is 3.13. The average molecular weight is 238 g/mol. The Morgan fingerprint density at radius 1 is 1.29 bits per heavy atom. The Balaban J connectivity index is 3.08. The van der Waals surface area contributed by atoms with E-state index in [1.165, 1.54) is 0 Å². The summed E-state index contributed by atoms with van der Waals surface area (Å²) in [6, 6.07) is 0. The van der Waals surface area contributed by atoms with Crippen LogP contribution in [-0.4, -0.2) is 23.1 Å². The van der Waals surface area contributed by atoms with Crippen molar-refractivity contribution in [2.24, 2.45) is 0 Å². The molecule has 1 aromatic heterocycles. The molecule has 0 unspecified atom stereocenters. The minimum Gasteiger partial charge on any atom is -0.476 e. The number of ether oxygens (including phenoxy) is 1. The third-order valence-corrected chi connectivity index (χ3v) is 2.23. The van der Waals surface area contributed by atoms with Crippen molar-refractivity contribution < 1.29 is 4.74 Å². The van der Waals surface area contributed by atoms with Gasteiger partial charge in [0.15, 0.2) is 5.82 Å². The Labute approximate surface area is 103 Å². The van der Waals surface area contributed by atoms with Crippen molar-refractivity contribution in [1.29, 1.82) is 0 Å². The third-order valence-electron chi connectivity index (χ3n) is 2.23. The molecular formula is C12H22N4O. The number of nitrogens with two attached hydrogens (primary N) is 1. The molecule has 5 heteroatoms. The fourth-order valence-corrected chi connectivity index (χ4v) is 1.33. The summed E-state index contributed by atoms with van der Waals surface area (Å²) in [6.45, 7) is 9.53. The molecule has 0 radical (unpaired) electrons. The topological polar surface area (TPSA) is 73.1 Å². The van der Waals surface area contributed by atoms with Crippen LogP contribution in [0, 0.1) is 0 Å². The van der Waals surface area contributed by atoms with Crippen LogP contribution in [-0.2, 0) is 0 Å². The van der Waals surface area contributed by atoms with E-state index < -0.39 is 0 Å². The second kappa shape index (κ2) is 6.27. The molecule has 0 saturated heterocycles. The lowest BCUT2D eigenvalue weighted by molar-refractivity contribution is 0.305. The Bertz CT molecular complexity index is 366. The Hall–Kier alpha value is -1.52. The van der Waals surface area contributed by atoms with E-state index >= 15 is 0 Å². The lowest BCUT2D eigenvalue weighted by Crippen LogP contribution is -2.11. The summed E-state index contributed by atoms with van der Waals surface area (Å²) in [4.78, 5) is 8.76. The molecule has 0 aliphatic heterocycles. The molecule has 3 N–H and O–H groups in total. The normalized spacial score (nSPS) is 10.6. The predicted octanol–water partition coefficient (Wildman–Crippen LogP) is 2.40. The Morgan fingerprint density at radius 2 is 2.00 bits per heavy atom. The summed E-state index contributed by atoms with van der Waals surface area (Å²) in [5.41, 5.74) is 6.46. The second-order valence-electron chi connectivity index (χ2n) is 4.18. The maximum atomic E-state index is 5.97. The van der Waals surface area contributed by atoms with Crippen LogP contribution in [0.1, 0.15) is 45.9 Å². The van der Waals surface area contributed by atoms with E-state index in [1.807, 2.05) is 27.7 Å². The van der Waals surface area contributed by atoms with Crippen LogP contribution >= 0.6 is 0 Å². The molecular weight excluding hydrogens is 216 g/mol. The molecule has 0 atom stereocenters. The van der Waals surface area contributed by atoms with Crippen LogP contribution in [0.25, 0.3) is 0 Å². The van der Waals surface area contributed by atoms with Crippen LogP contribution in [0.15, 0.2) is 0 Å². The molecule has 0 aromatic carbocycles. The number of rotatable bonds is 6. The van der Waals surface area contributed by atoms with Gasteiger partial charge in [-0.2, -0.15) is 4.98 Å². The summed E-state index contributed by atoms with van der Waals surface area (Å²) in [5.74, 6) is 2.15. The van der Waals surface area contributed by atoms with Crippen molar-refractivity contribution in [3.63, 3.8) is 0 Å². The van der Waals surface area contributed by atoms with Crippen molar-refractivity contribution in [3.05, 3.63) is 5.82 Å². The number of nitrogens with one attached hydrogen (secondary N) is 1.